The molecule has 0 unspecified atom stereocenters. The van der Waals surface area contributed by atoms with Crippen LogP contribution in [0.4, 0.5) is 0 Å². The van der Waals surface area contributed by atoms with Gasteiger partial charge in [0.25, 0.3) is 0 Å². The maximum atomic E-state index is 11.3. The number of amides is 1. The van der Waals surface area contributed by atoms with Crippen LogP contribution in [-0.2, 0) is 4.79 Å². The van der Waals surface area contributed by atoms with Gasteiger partial charge in [-0.15, -0.1) is 0 Å². The minimum atomic E-state index is 0.0130. The Morgan fingerprint density at radius 1 is 1.62 bits per heavy atom. The molecule has 0 aromatic carbocycles. The largest absolute Gasteiger partial charge is 0.343 e. The maximum absolute atomic E-state index is 11.3. The standard InChI is InChI=1S/C10H14N2O/c1-7(2)8-5-9(6-8)10(13)12-4-3-11/h8-9H,1,4-6H2,2H3,(H,12,13). The monoisotopic (exact) mass is 178 g/mol. The van der Waals surface area contributed by atoms with Crippen LogP contribution in [0.1, 0.15) is 19.8 Å². The molecule has 1 N–H and O–H groups in total. The van der Waals surface area contributed by atoms with Gasteiger partial charge in [0.15, 0.2) is 0 Å². The van der Waals surface area contributed by atoms with Crippen molar-refractivity contribution in [2.45, 2.75) is 19.8 Å². The number of carbonyl (C=O) groups is 1. The van der Waals surface area contributed by atoms with E-state index in [-0.39, 0.29) is 18.4 Å². The van der Waals surface area contributed by atoms with Crippen LogP contribution in [-0.4, -0.2) is 12.5 Å². The molecular formula is C10H14N2O. The Hall–Kier alpha value is -1.30. The van der Waals surface area contributed by atoms with Crippen molar-refractivity contribution in [1.29, 1.82) is 5.26 Å². The van der Waals surface area contributed by atoms with Crippen LogP contribution in [0.5, 0.6) is 0 Å². The Balaban J connectivity index is 2.24. The number of rotatable bonds is 3. The molecule has 0 saturated heterocycles. The Bertz CT molecular complexity index is 259. The summed E-state index contributed by atoms with van der Waals surface area (Å²) in [6, 6.07) is 1.89. The molecule has 13 heavy (non-hydrogen) atoms. The fourth-order valence-electron chi connectivity index (χ4n) is 1.51. The first kappa shape index (κ1) is 9.79. The Kier molecular flexibility index (Phi) is 3.07. The molecule has 0 bridgehead atoms. The van der Waals surface area contributed by atoms with E-state index in [1.807, 2.05) is 13.0 Å². The van der Waals surface area contributed by atoms with Crippen LogP contribution in [0.25, 0.3) is 0 Å². The van der Waals surface area contributed by atoms with E-state index in [0.717, 1.165) is 18.4 Å². The first-order valence-corrected chi connectivity index (χ1v) is 4.45. The van der Waals surface area contributed by atoms with Gasteiger partial charge < -0.3 is 5.32 Å². The van der Waals surface area contributed by atoms with Gasteiger partial charge in [0, 0.05) is 5.92 Å². The van der Waals surface area contributed by atoms with Gasteiger partial charge in [-0.3, -0.25) is 4.79 Å². The molecule has 0 aromatic rings. The van der Waals surface area contributed by atoms with Crippen molar-refractivity contribution in [2.24, 2.45) is 11.8 Å². The van der Waals surface area contributed by atoms with E-state index in [1.165, 1.54) is 0 Å². The molecule has 1 rings (SSSR count). The molecule has 1 saturated carbocycles. The predicted octanol–water partition coefficient (Wildman–Crippen LogP) is 1.23. The third-order valence-electron chi connectivity index (χ3n) is 2.55. The third kappa shape index (κ3) is 2.32. The number of nitrogens with one attached hydrogen (secondary N) is 1. The van der Waals surface area contributed by atoms with Crippen LogP contribution >= 0.6 is 0 Å². The zero-order valence-electron chi connectivity index (χ0n) is 7.84. The van der Waals surface area contributed by atoms with Crippen LogP contribution in [0.3, 0.4) is 0 Å². The fourth-order valence-corrected chi connectivity index (χ4v) is 1.51. The normalized spacial score (nSPS) is 25.5. The highest BCUT2D eigenvalue weighted by Crippen LogP contribution is 2.37. The molecule has 1 aliphatic rings. The van der Waals surface area contributed by atoms with Crippen molar-refractivity contribution in [3.8, 4) is 6.07 Å². The van der Waals surface area contributed by atoms with Crippen LogP contribution in [0, 0.1) is 23.2 Å². The lowest BCUT2D eigenvalue weighted by atomic mass is 9.71. The average molecular weight is 178 g/mol. The zero-order chi connectivity index (χ0) is 9.84. The summed E-state index contributed by atoms with van der Waals surface area (Å²) in [6.07, 6.45) is 1.79. The lowest BCUT2D eigenvalue weighted by Gasteiger charge is -2.34. The smallest absolute Gasteiger partial charge is 0.223 e. The molecule has 3 heteroatoms. The quantitative estimate of drug-likeness (QED) is 0.522. The lowest BCUT2D eigenvalue weighted by molar-refractivity contribution is -0.128. The first-order chi connectivity index (χ1) is 6.15. The lowest BCUT2D eigenvalue weighted by Crippen LogP contribution is -2.39. The number of allylic oxidation sites excluding steroid dienone is 1. The van der Waals surface area contributed by atoms with Crippen molar-refractivity contribution in [1.82, 2.24) is 5.32 Å². The minimum absolute atomic E-state index is 0.0130. The average Bonchev–Trinajstić information content (AvgIpc) is 1.97. The number of nitriles is 1. The van der Waals surface area contributed by atoms with Gasteiger partial charge in [0.2, 0.25) is 5.91 Å². The molecule has 70 valence electrons. The van der Waals surface area contributed by atoms with Gasteiger partial charge in [-0.1, -0.05) is 12.2 Å². The molecule has 3 nitrogen and oxygen atoms in total. The van der Waals surface area contributed by atoms with Crippen LogP contribution < -0.4 is 5.32 Å². The molecule has 0 aliphatic heterocycles. The summed E-state index contributed by atoms with van der Waals surface area (Å²) >= 11 is 0. The molecule has 0 spiro atoms. The summed E-state index contributed by atoms with van der Waals surface area (Å²) < 4.78 is 0. The molecule has 1 aliphatic carbocycles. The van der Waals surface area contributed by atoms with Crippen molar-refractivity contribution in [2.75, 3.05) is 6.54 Å². The zero-order valence-corrected chi connectivity index (χ0v) is 7.84. The highest BCUT2D eigenvalue weighted by molar-refractivity contribution is 5.79. The number of nitrogens with zero attached hydrogens (tertiary/aromatic N) is 1. The summed E-state index contributed by atoms with van der Waals surface area (Å²) in [6.45, 7) is 5.96. The van der Waals surface area contributed by atoms with E-state index in [2.05, 4.69) is 11.9 Å². The summed E-state index contributed by atoms with van der Waals surface area (Å²) in [4.78, 5) is 11.3. The third-order valence-corrected chi connectivity index (χ3v) is 2.55. The topological polar surface area (TPSA) is 52.9 Å². The molecule has 0 atom stereocenters. The van der Waals surface area contributed by atoms with Crippen LogP contribution in [0.2, 0.25) is 0 Å². The van der Waals surface area contributed by atoms with Crippen molar-refractivity contribution >= 4 is 5.91 Å². The van der Waals surface area contributed by atoms with E-state index in [0.29, 0.717) is 5.92 Å². The number of hydrogen-bond acceptors (Lipinski definition) is 2. The SMILES string of the molecule is C=C(C)C1CC(C(=O)NCC#N)C1. The first-order valence-electron chi connectivity index (χ1n) is 4.45. The van der Waals surface area contributed by atoms with Gasteiger partial charge in [0.1, 0.15) is 6.54 Å². The van der Waals surface area contributed by atoms with Crippen molar-refractivity contribution in [3.63, 3.8) is 0 Å². The number of carbonyl (C=O) groups excluding carboxylic acids is 1. The van der Waals surface area contributed by atoms with E-state index in [4.69, 9.17) is 5.26 Å². The molecule has 0 radical (unpaired) electrons. The molecule has 1 amide bonds. The van der Waals surface area contributed by atoms with Gasteiger partial charge in [-0.05, 0) is 25.7 Å². The molecular weight excluding hydrogens is 164 g/mol. The Morgan fingerprint density at radius 3 is 2.69 bits per heavy atom. The van der Waals surface area contributed by atoms with Crippen LogP contribution in [0.15, 0.2) is 12.2 Å². The van der Waals surface area contributed by atoms with E-state index >= 15 is 0 Å². The maximum Gasteiger partial charge on any atom is 0.223 e. The number of hydrogen-bond donors (Lipinski definition) is 1. The molecule has 0 heterocycles. The molecule has 0 aromatic heterocycles. The Morgan fingerprint density at radius 2 is 2.23 bits per heavy atom. The fraction of sp³-hybridized carbons (Fsp3) is 0.600. The van der Waals surface area contributed by atoms with Gasteiger partial charge in [0.05, 0.1) is 6.07 Å². The second-order valence-corrected chi connectivity index (χ2v) is 3.59. The second-order valence-electron chi connectivity index (χ2n) is 3.59. The summed E-state index contributed by atoms with van der Waals surface area (Å²) in [5.74, 6) is 0.631. The Labute approximate surface area is 78.4 Å². The highest BCUT2D eigenvalue weighted by Gasteiger charge is 2.34. The van der Waals surface area contributed by atoms with E-state index in [9.17, 15) is 4.79 Å². The van der Waals surface area contributed by atoms with Crippen molar-refractivity contribution < 1.29 is 4.79 Å². The van der Waals surface area contributed by atoms with E-state index < -0.39 is 0 Å². The summed E-state index contributed by atoms with van der Waals surface area (Å²) in [5, 5.41) is 10.8. The van der Waals surface area contributed by atoms with Gasteiger partial charge >= 0.3 is 0 Å². The van der Waals surface area contributed by atoms with E-state index in [1.54, 1.807) is 0 Å². The predicted molar refractivity (Wildman–Crippen MR) is 49.7 cm³/mol. The summed E-state index contributed by atoms with van der Waals surface area (Å²) in [5.41, 5.74) is 1.16. The van der Waals surface area contributed by atoms with Gasteiger partial charge in [-0.25, -0.2) is 0 Å². The van der Waals surface area contributed by atoms with Crippen molar-refractivity contribution in [3.05, 3.63) is 12.2 Å². The minimum Gasteiger partial charge on any atom is -0.343 e. The molecule has 1 fully saturated rings. The summed E-state index contributed by atoms with van der Waals surface area (Å²) in [7, 11) is 0. The highest BCUT2D eigenvalue weighted by atomic mass is 16.1. The van der Waals surface area contributed by atoms with Gasteiger partial charge in [-0.2, -0.15) is 5.26 Å². The second kappa shape index (κ2) is 4.08.